The zero-order valence-corrected chi connectivity index (χ0v) is 15.0. The van der Waals surface area contributed by atoms with Crippen molar-refractivity contribution in [2.24, 2.45) is 5.73 Å². The van der Waals surface area contributed by atoms with Crippen LogP contribution in [-0.2, 0) is 24.4 Å². The lowest BCUT2D eigenvalue weighted by molar-refractivity contribution is -0.0535. The van der Waals surface area contributed by atoms with Gasteiger partial charge < -0.3 is 15.0 Å². The van der Waals surface area contributed by atoms with Gasteiger partial charge in [0, 0.05) is 30.7 Å². The van der Waals surface area contributed by atoms with Crippen molar-refractivity contribution >= 4 is 0 Å². The number of aryl methyl sites for hydroxylation is 1. The summed E-state index contributed by atoms with van der Waals surface area (Å²) in [5.41, 5.74) is 8.47. The number of rotatable bonds is 3. The number of nitrogens with two attached hydrogens (primary N) is 1. The highest BCUT2D eigenvalue weighted by molar-refractivity contribution is 5.25. The fourth-order valence-electron chi connectivity index (χ4n) is 4.11. The van der Waals surface area contributed by atoms with Gasteiger partial charge in [-0.2, -0.15) is 5.26 Å². The molecule has 0 saturated carbocycles. The van der Waals surface area contributed by atoms with Gasteiger partial charge in [-0.05, 0) is 31.5 Å². The van der Waals surface area contributed by atoms with Gasteiger partial charge in [-0.3, -0.25) is 4.90 Å². The largest absolute Gasteiger partial charge is 0.370 e. The van der Waals surface area contributed by atoms with Crippen LogP contribution in [0.4, 0.5) is 8.78 Å². The second-order valence-electron chi connectivity index (χ2n) is 7.17. The molecular weight excluding hydrogens is 352 g/mol. The van der Waals surface area contributed by atoms with Crippen molar-refractivity contribution in [2.75, 3.05) is 6.61 Å². The van der Waals surface area contributed by atoms with Crippen molar-refractivity contribution in [3.05, 3.63) is 52.6 Å². The van der Waals surface area contributed by atoms with Crippen LogP contribution in [0.1, 0.15) is 35.3 Å². The average Bonchev–Trinajstić information content (AvgIpc) is 3.16. The van der Waals surface area contributed by atoms with E-state index in [2.05, 4.69) is 16.0 Å². The number of halogens is 2. The Labute approximate surface area is 156 Å². The summed E-state index contributed by atoms with van der Waals surface area (Å²) in [6.45, 7) is 3.92. The Morgan fingerprint density at radius 2 is 2.19 bits per heavy atom. The highest BCUT2D eigenvalue weighted by Crippen LogP contribution is 2.34. The van der Waals surface area contributed by atoms with E-state index in [0.29, 0.717) is 26.1 Å². The molecule has 1 saturated heterocycles. The van der Waals surface area contributed by atoms with Crippen LogP contribution in [-0.4, -0.2) is 33.1 Å². The van der Waals surface area contributed by atoms with Crippen molar-refractivity contribution in [3.63, 3.8) is 0 Å². The first-order valence-corrected chi connectivity index (χ1v) is 8.96. The van der Waals surface area contributed by atoms with Crippen LogP contribution in [0.25, 0.3) is 0 Å². The Kier molecular flexibility index (Phi) is 4.68. The maximum atomic E-state index is 14.1. The van der Waals surface area contributed by atoms with Crippen LogP contribution in [0.15, 0.2) is 18.2 Å². The number of aromatic nitrogens is 2. The topological polar surface area (TPSA) is 80.1 Å². The Hall–Kier alpha value is -2.34. The molecule has 2 aliphatic heterocycles. The minimum absolute atomic E-state index is 0.0675. The van der Waals surface area contributed by atoms with Crippen molar-refractivity contribution in [1.82, 2.24) is 14.5 Å². The second kappa shape index (κ2) is 7.00. The Morgan fingerprint density at radius 3 is 2.93 bits per heavy atom. The third kappa shape index (κ3) is 3.23. The van der Waals surface area contributed by atoms with Gasteiger partial charge in [-0.1, -0.05) is 0 Å². The molecule has 8 heteroatoms. The lowest BCUT2D eigenvalue weighted by atomic mass is 9.93. The number of imidazole rings is 1. The van der Waals surface area contributed by atoms with Gasteiger partial charge in [0.2, 0.25) is 0 Å². The van der Waals surface area contributed by atoms with Crippen LogP contribution in [0.3, 0.4) is 0 Å². The van der Waals surface area contributed by atoms with Crippen molar-refractivity contribution in [1.29, 1.82) is 5.26 Å². The third-order valence-electron chi connectivity index (χ3n) is 5.46. The SMILES string of the molecule is Cc1nc2c(n1CC#N)CN([C@H]1CO[C@H](c3cc(F)ccc3F)[C@@H](N)C1)C2. The van der Waals surface area contributed by atoms with E-state index in [1.54, 1.807) is 0 Å². The molecule has 3 atom stereocenters. The Balaban J connectivity index is 1.46. The number of fused-ring (bicyclic) bond motifs is 1. The van der Waals surface area contributed by atoms with Crippen LogP contribution >= 0.6 is 0 Å². The quantitative estimate of drug-likeness (QED) is 0.892. The molecule has 0 amide bonds. The first-order chi connectivity index (χ1) is 13.0. The standard InChI is InChI=1S/C19H21F2N5O/c1-11-24-17-8-25(9-18(17)26(11)5-4-22)13-7-16(23)19(27-10-13)14-6-12(20)2-3-15(14)21/h2-3,6,13,16,19H,5,7-10,23H2,1H3/t13-,16+,19-/m1/s1. The summed E-state index contributed by atoms with van der Waals surface area (Å²) in [6, 6.07) is 5.15. The molecule has 0 unspecified atom stereocenters. The van der Waals surface area contributed by atoms with Crippen LogP contribution in [0, 0.1) is 29.9 Å². The number of hydrogen-bond donors (Lipinski definition) is 1. The molecule has 0 aliphatic carbocycles. The zero-order valence-electron chi connectivity index (χ0n) is 15.0. The van der Waals surface area contributed by atoms with E-state index in [0.717, 1.165) is 35.4 Å². The minimum atomic E-state index is -0.658. The van der Waals surface area contributed by atoms with Gasteiger partial charge in [0.15, 0.2) is 0 Å². The predicted octanol–water partition coefficient (Wildman–Crippen LogP) is 2.17. The van der Waals surface area contributed by atoms with E-state index in [1.165, 1.54) is 0 Å². The first-order valence-electron chi connectivity index (χ1n) is 8.96. The molecule has 142 valence electrons. The number of benzene rings is 1. The number of hydrogen-bond acceptors (Lipinski definition) is 5. The summed E-state index contributed by atoms with van der Waals surface area (Å²) >= 11 is 0. The maximum Gasteiger partial charge on any atom is 0.129 e. The van der Waals surface area contributed by atoms with E-state index in [1.807, 2.05) is 11.5 Å². The predicted molar refractivity (Wildman–Crippen MR) is 93.3 cm³/mol. The van der Waals surface area contributed by atoms with Gasteiger partial charge in [-0.15, -0.1) is 0 Å². The highest BCUT2D eigenvalue weighted by Gasteiger charge is 2.37. The van der Waals surface area contributed by atoms with Crippen LogP contribution < -0.4 is 5.73 Å². The molecule has 6 nitrogen and oxygen atoms in total. The lowest BCUT2D eigenvalue weighted by Gasteiger charge is -2.38. The first kappa shape index (κ1) is 18.0. The fraction of sp³-hybridized carbons (Fsp3) is 0.474. The molecule has 27 heavy (non-hydrogen) atoms. The van der Waals surface area contributed by atoms with Gasteiger partial charge in [0.05, 0.1) is 24.1 Å². The van der Waals surface area contributed by atoms with Crippen molar-refractivity contribution in [2.45, 2.75) is 51.2 Å². The third-order valence-corrected chi connectivity index (χ3v) is 5.46. The van der Waals surface area contributed by atoms with Crippen LogP contribution in [0.5, 0.6) is 0 Å². The number of ether oxygens (including phenoxy) is 1. The fourth-order valence-corrected chi connectivity index (χ4v) is 4.11. The van der Waals surface area contributed by atoms with Crippen molar-refractivity contribution in [3.8, 4) is 6.07 Å². The summed E-state index contributed by atoms with van der Waals surface area (Å²) in [7, 11) is 0. The Morgan fingerprint density at radius 1 is 1.37 bits per heavy atom. The average molecular weight is 373 g/mol. The molecule has 0 bridgehead atoms. The normalized spacial score (nSPS) is 25.4. The smallest absolute Gasteiger partial charge is 0.129 e. The number of nitrogens with zero attached hydrogens (tertiary/aromatic N) is 4. The number of nitriles is 1. The second-order valence-corrected chi connectivity index (χ2v) is 7.17. The molecular formula is C19H21F2N5O. The highest BCUT2D eigenvalue weighted by atomic mass is 19.1. The van der Waals surface area contributed by atoms with Gasteiger partial charge in [0.25, 0.3) is 0 Å². The van der Waals surface area contributed by atoms with Crippen molar-refractivity contribution < 1.29 is 13.5 Å². The van der Waals surface area contributed by atoms with E-state index < -0.39 is 23.8 Å². The lowest BCUT2D eigenvalue weighted by Crippen LogP contribution is -2.47. The molecule has 0 radical (unpaired) electrons. The summed E-state index contributed by atoms with van der Waals surface area (Å²) in [5.74, 6) is -0.163. The summed E-state index contributed by atoms with van der Waals surface area (Å²) in [4.78, 5) is 6.79. The van der Waals surface area contributed by atoms with E-state index in [4.69, 9.17) is 15.7 Å². The molecule has 0 spiro atoms. The summed E-state index contributed by atoms with van der Waals surface area (Å²) in [6.07, 6.45) is -0.0445. The van der Waals surface area contributed by atoms with Crippen LogP contribution in [0.2, 0.25) is 0 Å². The summed E-state index contributed by atoms with van der Waals surface area (Å²) in [5, 5.41) is 9.02. The Bertz CT molecular complexity index is 906. The molecule has 1 aromatic carbocycles. The molecule has 2 N–H and O–H groups in total. The molecule has 1 aromatic heterocycles. The minimum Gasteiger partial charge on any atom is -0.370 e. The monoisotopic (exact) mass is 373 g/mol. The maximum absolute atomic E-state index is 14.1. The summed E-state index contributed by atoms with van der Waals surface area (Å²) < 4.78 is 35.4. The molecule has 4 rings (SSSR count). The van der Waals surface area contributed by atoms with Gasteiger partial charge in [-0.25, -0.2) is 13.8 Å². The van der Waals surface area contributed by atoms with Gasteiger partial charge >= 0.3 is 0 Å². The molecule has 2 aliphatic rings. The van der Waals surface area contributed by atoms with E-state index in [9.17, 15) is 8.78 Å². The molecule has 1 fully saturated rings. The molecule has 3 heterocycles. The van der Waals surface area contributed by atoms with E-state index >= 15 is 0 Å². The van der Waals surface area contributed by atoms with E-state index in [-0.39, 0.29) is 18.2 Å². The zero-order chi connectivity index (χ0) is 19.1. The molecule has 2 aromatic rings. The van der Waals surface area contributed by atoms with Gasteiger partial charge in [0.1, 0.15) is 30.1 Å².